The lowest BCUT2D eigenvalue weighted by Crippen LogP contribution is -2.50. The molecule has 1 aliphatic carbocycles. The zero-order valence-electron chi connectivity index (χ0n) is 20.5. The molecule has 3 aromatic rings. The minimum Gasteiger partial charge on any atom is -0.459 e. The lowest BCUT2D eigenvalue weighted by atomic mass is 9.71. The third kappa shape index (κ3) is 3.67. The number of ether oxygens (including phenoxy) is 1. The molecule has 0 saturated carbocycles. The fraction of sp³-hybridized carbons (Fsp3) is 0.481. The van der Waals surface area contributed by atoms with Crippen LogP contribution in [0.3, 0.4) is 0 Å². The molecule has 3 heterocycles. The number of aryl methyl sites for hydroxylation is 2. The van der Waals surface area contributed by atoms with E-state index in [4.69, 9.17) is 14.3 Å². The average molecular weight is 463 g/mol. The number of hydrogen-bond donors (Lipinski definition) is 1. The quantitative estimate of drug-likeness (QED) is 0.596. The number of benzene rings is 1. The number of aromatic nitrogens is 2. The van der Waals surface area contributed by atoms with E-state index >= 15 is 0 Å². The van der Waals surface area contributed by atoms with Crippen molar-refractivity contribution >= 4 is 5.91 Å². The number of furan rings is 1. The normalized spacial score (nSPS) is 21.6. The van der Waals surface area contributed by atoms with Crippen molar-refractivity contribution in [3.05, 3.63) is 76.5 Å². The van der Waals surface area contributed by atoms with Gasteiger partial charge in [-0.2, -0.15) is 5.10 Å². The number of hydrogen-bond acceptors (Lipinski definition) is 5. The van der Waals surface area contributed by atoms with E-state index in [-0.39, 0.29) is 23.5 Å². The molecule has 1 spiro atoms. The fourth-order valence-corrected chi connectivity index (χ4v) is 6.15. The van der Waals surface area contributed by atoms with Gasteiger partial charge in [0, 0.05) is 36.9 Å². The minimum absolute atomic E-state index is 0.124. The van der Waals surface area contributed by atoms with Crippen LogP contribution in [0.1, 0.15) is 64.4 Å². The van der Waals surface area contributed by atoms with E-state index < -0.39 is 0 Å². The first-order valence-corrected chi connectivity index (χ1v) is 12.2. The second-order valence-corrected chi connectivity index (χ2v) is 9.57. The second kappa shape index (κ2) is 9.04. The van der Waals surface area contributed by atoms with Crippen molar-refractivity contribution in [2.75, 3.05) is 20.2 Å². The number of carbonyl (C=O) groups excluding carboxylic acids is 1. The molecule has 1 aromatic carbocycles. The van der Waals surface area contributed by atoms with E-state index in [0.717, 1.165) is 50.3 Å². The van der Waals surface area contributed by atoms with Gasteiger partial charge in [-0.15, -0.1) is 0 Å². The summed E-state index contributed by atoms with van der Waals surface area (Å²) in [7, 11) is 1.77. The number of piperidine rings is 1. The predicted molar refractivity (Wildman–Crippen MR) is 130 cm³/mol. The molecule has 2 aliphatic rings. The summed E-state index contributed by atoms with van der Waals surface area (Å²) in [4.78, 5) is 15.4. The second-order valence-electron chi connectivity index (χ2n) is 9.57. The Hall–Kier alpha value is -2.90. The zero-order valence-corrected chi connectivity index (χ0v) is 20.5. The van der Waals surface area contributed by atoms with Gasteiger partial charge in [0.1, 0.15) is 0 Å². The molecule has 7 nitrogen and oxygen atoms in total. The van der Waals surface area contributed by atoms with Crippen molar-refractivity contribution in [2.24, 2.45) is 0 Å². The van der Waals surface area contributed by atoms with Crippen molar-refractivity contribution in [3.63, 3.8) is 0 Å². The summed E-state index contributed by atoms with van der Waals surface area (Å²) in [5, 5.41) is 7.90. The van der Waals surface area contributed by atoms with Crippen LogP contribution in [-0.2, 0) is 23.2 Å². The van der Waals surface area contributed by atoms with Gasteiger partial charge in [-0.3, -0.25) is 14.4 Å². The van der Waals surface area contributed by atoms with Crippen molar-refractivity contribution in [1.82, 2.24) is 20.0 Å². The summed E-state index contributed by atoms with van der Waals surface area (Å²) in [6.07, 6.45) is 3.36. The number of fused-ring (bicyclic) bond motifs is 2. The van der Waals surface area contributed by atoms with Crippen LogP contribution in [0.15, 0.2) is 47.1 Å². The highest BCUT2D eigenvalue weighted by atomic mass is 16.5. The maximum atomic E-state index is 12.9. The summed E-state index contributed by atoms with van der Waals surface area (Å²) in [6.45, 7) is 10.2. The van der Waals surface area contributed by atoms with Crippen molar-refractivity contribution in [1.29, 1.82) is 0 Å². The molecule has 2 aromatic heterocycles. The molecule has 0 radical (unpaired) electrons. The lowest BCUT2D eigenvalue weighted by molar-refractivity contribution is -0.0124. The highest BCUT2D eigenvalue weighted by Gasteiger charge is 2.54. The maximum absolute atomic E-state index is 12.9. The standard InChI is InChI=1S/C27H34N4O3/c1-5-31-19(3)21(18(2)29-31)17-30-14-12-27(13-15-30)22-10-7-6-9-20(22)24(25(27)33-4)28-26(32)23-11-8-16-34-23/h6-11,16,24-25H,5,12-15,17H2,1-4H3,(H,28,32)/t24-,25+/m1/s1. The van der Waals surface area contributed by atoms with Crippen LogP contribution in [-0.4, -0.2) is 46.9 Å². The third-order valence-electron chi connectivity index (χ3n) is 7.93. The molecule has 7 heteroatoms. The van der Waals surface area contributed by atoms with E-state index in [0.29, 0.717) is 5.76 Å². The molecule has 1 saturated heterocycles. The molecule has 2 atom stereocenters. The topological polar surface area (TPSA) is 72.5 Å². The van der Waals surface area contributed by atoms with Crippen LogP contribution in [0.5, 0.6) is 0 Å². The van der Waals surface area contributed by atoms with Gasteiger partial charge in [-0.1, -0.05) is 24.3 Å². The summed E-state index contributed by atoms with van der Waals surface area (Å²) < 4.78 is 13.6. The summed E-state index contributed by atoms with van der Waals surface area (Å²) in [5.74, 6) is 0.113. The van der Waals surface area contributed by atoms with Crippen LogP contribution in [0.4, 0.5) is 0 Å². The Morgan fingerprint density at radius 3 is 2.62 bits per heavy atom. The van der Waals surface area contributed by atoms with Gasteiger partial charge in [0.2, 0.25) is 0 Å². The number of amides is 1. The number of likely N-dealkylation sites (tertiary alicyclic amines) is 1. The number of methoxy groups -OCH3 is 1. The molecule has 0 unspecified atom stereocenters. The van der Waals surface area contributed by atoms with E-state index in [1.807, 2.05) is 6.07 Å². The SMILES string of the molecule is CCn1nc(C)c(CN2CCC3(CC2)c2ccccc2[C@@H](NC(=O)c2ccco2)[C@@H]3OC)c1C. The molecule has 1 aliphatic heterocycles. The summed E-state index contributed by atoms with van der Waals surface area (Å²) in [6, 6.07) is 11.7. The first-order chi connectivity index (χ1) is 16.5. The molecule has 1 amide bonds. The van der Waals surface area contributed by atoms with Crippen LogP contribution in [0.25, 0.3) is 0 Å². The molecule has 5 rings (SSSR count). The largest absolute Gasteiger partial charge is 0.459 e. The Bertz CT molecular complexity index is 1160. The predicted octanol–water partition coefficient (Wildman–Crippen LogP) is 4.15. The Kier molecular flexibility index (Phi) is 6.08. The van der Waals surface area contributed by atoms with E-state index in [2.05, 4.69) is 53.9 Å². The average Bonchev–Trinajstić information content (AvgIpc) is 3.54. The van der Waals surface area contributed by atoms with Gasteiger partial charge in [-0.25, -0.2) is 0 Å². The summed E-state index contributed by atoms with van der Waals surface area (Å²) >= 11 is 0. The van der Waals surface area contributed by atoms with Crippen LogP contribution < -0.4 is 5.32 Å². The van der Waals surface area contributed by atoms with Crippen LogP contribution in [0, 0.1) is 13.8 Å². The minimum atomic E-state index is -0.211. The van der Waals surface area contributed by atoms with E-state index in [1.54, 1.807) is 19.2 Å². The molecular formula is C27H34N4O3. The van der Waals surface area contributed by atoms with Crippen molar-refractivity contribution < 1.29 is 13.9 Å². The molecule has 34 heavy (non-hydrogen) atoms. The monoisotopic (exact) mass is 462 g/mol. The molecular weight excluding hydrogens is 428 g/mol. The first-order valence-electron chi connectivity index (χ1n) is 12.2. The Morgan fingerprint density at radius 1 is 1.21 bits per heavy atom. The maximum Gasteiger partial charge on any atom is 0.287 e. The van der Waals surface area contributed by atoms with Crippen molar-refractivity contribution in [3.8, 4) is 0 Å². The Labute approximate surface area is 201 Å². The third-order valence-corrected chi connectivity index (χ3v) is 7.93. The van der Waals surface area contributed by atoms with Gasteiger partial charge >= 0.3 is 0 Å². The molecule has 0 bridgehead atoms. The van der Waals surface area contributed by atoms with Gasteiger partial charge in [0.15, 0.2) is 5.76 Å². The summed E-state index contributed by atoms with van der Waals surface area (Å²) in [5.41, 5.74) is 6.07. The number of carbonyl (C=O) groups is 1. The number of nitrogens with one attached hydrogen (secondary N) is 1. The highest BCUT2D eigenvalue weighted by Crippen LogP contribution is 2.52. The van der Waals surface area contributed by atoms with E-state index in [9.17, 15) is 4.79 Å². The molecule has 1 N–H and O–H groups in total. The molecule has 1 fully saturated rings. The Morgan fingerprint density at radius 2 is 1.97 bits per heavy atom. The lowest BCUT2D eigenvalue weighted by Gasteiger charge is -2.44. The van der Waals surface area contributed by atoms with Crippen LogP contribution >= 0.6 is 0 Å². The molecule has 180 valence electrons. The van der Waals surface area contributed by atoms with Gasteiger partial charge in [0.05, 0.1) is 24.1 Å². The number of nitrogens with zero attached hydrogens (tertiary/aromatic N) is 3. The Balaban J connectivity index is 1.38. The van der Waals surface area contributed by atoms with Crippen molar-refractivity contribution in [2.45, 2.75) is 64.3 Å². The zero-order chi connectivity index (χ0) is 23.9. The smallest absolute Gasteiger partial charge is 0.287 e. The van der Waals surface area contributed by atoms with E-state index in [1.165, 1.54) is 23.1 Å². The van der Waals surface area contributed by atoms with Crippen LogP contribution in [0.2, 0.25) is 0 Å². The van der Waals surface area contributed by atoms with Gasteiger partial charge < -0.3 is 14.5 Å². The van der Waals surface area contributed by atoms with Gasteiger partial charge in [0.25, 0.3) is 5.91 Å². The number of rotatable bonds is 6. The first kappa shape index (κ1) is 22.9. The van der Waals surface area contributed by atoms with Gasteiger partial charge in [-0.05, 0) is 70.0 Å². The fourth-order valence-electron chi connectivity index (χ4n) is 6.15. The highest BCUT2D eigenvalue weighted by molar-refractivity contribution is 5.91.